The molecule has 162 valence electrons. The molecule has 0 saturated heterocycles. The van der Waals surface area contributed by atoms with Crippen LogP contribution in [-0.2, 0) is 28.4 Å². The number of rotatable bonds is 9. The lowest BCUT2D eigenvalue weighted by Crippen LogP contribution is -2.06. The molecule has 0 bridgehead atoms. The first-order valence-corrected chi connectivity index (χ1v) is 12.4. The normalized spacial score (nSPS) is 13.9. The summed E-state index contributed by atoms with van der Waals surface area (Å²) in [5, 5.41) is 0.510. The monoisotopic (exact) mass is 458 g/mol. The number of benzene rings is 1. The summed E-state index contributed by atoms with van der Waals surface area (Å²) >= 11 is 5.85. The van der Waals surface area contributed by atoms with Gasteiger partial charge < -0.3 is 4.74 Å². The summed E-state index contributed by atoms with van der Waals surface area (Å²) in [5.41, 5.74) is 1.61. The largest absolute Gasteiger partial charge is 0.439 e. The highest BCUT2D eigenvalue weighted by atomic mass is 35.5. The lowest BCUT2D eigenvalue weighted by Gasteiger charge is -2.10. The number of aryl methyl sites for hydroxylation is 2. The fraction of sp³-hybridized carbons (Fsp3) is 0.364. The Kier molecular flexibility index (Phi) is 6.48. The Balaban J connectivity index is 1.48. The molecule has 31 heavy (non-hydrogen) atoms. The maximum Gasteiger partial charge on any atom is 0.222 e. The van der Waals surface area contributed by atoms with Crippen molar-refractivity contribution in [2.75, 3.05) is 5.75 Å². The van der Waals surface area contributed by atoms with Crippen molar-refractivity contribution in [3.63, 3.8) is 0 Å². The number of sulfone groups is 1. The molecular weight excluding hydrogens is 436 g/mol. The van der Waals surface area contributed by atoms with E-state index >= 15 is 0 Å². The van der Waals surface area contributed by atoms with Crippen molar-refractivity contribution in [2.45, 2.75) is 44.3 Å². The summed E-state index contributed by atoms with van der Waals surface area (Å²) in [6.45, 7) is 1.65. The fourth-order valence-electron chi connectivity index (χ4n) is 3.04. The highest BCUT2D eigenvalue weighted by Crippen LogP contribution is 2.39. The molecule has 1 fully saturated rings. The van der Waals surface area contributed by atoms with Gasteiger partial charge in [0.25, 0.3) is 0 Å². The van der Waals surface area contributed by atoms with Crippen LogP contribution in [0, 0.1) is 0 Å². The van der Waals surface area contributed by atoms with Gasteiger partial charge in [-0.15, -0.1) is 0 Å². The highest BCUT2D eigenvalue weighted by molar-refractivity contribution is 7.90. The molecule has 0 amide bonds. The molecule has 1 aliphatic rings. The zero-order valence-electron chi connectivity index (χ0n) is 17.2. The molecule has 0 atom stereocenters. The second-order valence-corrected chi connectivity index (χ2v) is 10.4. The van der Waals surface area contributed by atoms with E-state index in [4.69, 9.17) is 21.3 Å². The maximum atomic E-state index is 11.8. The van der Waals surface area contributed by atoms with Crippen molar-refractivity contribution in [3.05, 3.63) is 70.7 Å². The lowest BCUT2D eigenvalue weighted by molar-refractivity contribution is 0.456. The van der Waals surface area contributed by atoms with Gasteiger partial charge in [0.05, 0.1) is 10.8 Å². The molecule has 7 nitrogen and oxygen atoms in total. The van der Waals surface area contributed by atoms with E-state index < -0.39 is 9.84 Å². The van der Waals surface area contributed by atoms with Crippen LogP contribution in [0.1, 0.15) is 48.6 Å². The van der Waals surface area contributed by atoms with E-state index in [1.54, 1.807) is 43.6 Å². The Morgan fingerprint density at radius 2 is 1.77 bits per heavy atom. The van der Waals surface area contributed by atoms with Crippen LogP contribution in [0.4, 0.5) is 0 Å². The van der Waals surface area contributed by atoms with Crippen LogP contribution >= 0.6 is 11.6 Å². The highest BCUT2D eigenvalue weighted by Gasteiger charge is 2.27. The first-order chi connectivity index (χ1) is 14.9. The van der Waals surface area contributed by atoms with E-state index in [0.717, 1.165) is 29.9 Å². The van der Waals surface area contributed by atoms with Gasteiger partial charge in [0, 0.05) is 42.2 Å². The van der Waals surface area contributed by atoms with Crippen molar-refractivity contribution in [3.8, 4) is 11.6 Å². The first-order valence-electron chi connectivity index (χ1n) is 10.2. The van der Waals surface area contributed by atoms with Gasteiger partial charge in [-0.05, 0) is 37.0 Å². The number of hydrogen-bond donors (Lipinski definition) is 0. The van der Waals surface area contributed by atoms with E-state index in [9.17, 15) is 8.42 Å². The molecule has 2 aromatic heterocycles. The van der Waals surface area contributed by atoms with Crippen molar-refractivity contribution in [2.24, 2.45) is 0 Å². The number of ether oxygens (including phenoxy) is 1. The Morgan fingerprint density at radius 1 is 1.06 bits per heavy atom. The Hall–Kier alpha value is -2.58. The van der Waals surface area contributed by atoms with Gasteiger partial charge in [0.2, 0.25) is 5.88 Å². The smallest absolute Gasteiger partial charge is 0.222 e. The van der Waals surface area contributed by atoms with Crippen molar-refractivity contribution < 1.29 is 13.2 Å². The van der Waals surface area contributed by atoms with E-state index in [2.05, 4.69) is 15.0 Å². The molecule has 4 rings (SSSR count). The van der Waals surface area contributed by atoms with Crippen LogP contribution in [0.25, 0.3) is 0 Å². The zero-order chi connectivity index (χ0) is 21.8. The van der Waals surface area contributed by atoms with Crippen LogP contribution in [0.5, 0.6) is 11.6 Å². The molecule has 0 unspecified atom stereocenters. The predicted octanol–water partition coefficient (Wildman–Crippen LogP) is 4.31. The molecule has 1 aliphatic carbocycles. The Labute approximate surface area is 186 Å². The third kappa shape index (κ3) is 6.21. The van der Waals surface area contributed by atoms with Gasteiger partial charge in [0.15, 0.2) is 9.84 Å². The predicted molar refractivity (Wildman–Crippen MR) is 118 cm³/mol. The molecule has 1 aromatic carbocycles. The van der Waals surface area contributed by atoms with E-state index in [1.807, 2.05) is 6.07 Å². The molecule has 0 radical (unpaired) electrons. The number of hydrogen-bond acceptors (Lipinski definition) is 7. The molecule has 2 heterocycles. The quantitative estimate of drug-likeness (QED) is 0.471. The van der Waals surface area contributed by atoms with E-state index in [-0.39, 0.29) is 11.5 Å². The minimum absolute atomic E-state index is 0.0278. The van der Waals surface area contributed by atoms with Crippen LogP contribution in [0.2, 0.25) is 5.02 Å². The molecule has 0 spiro atoms. The minimum atomic E-state index is -3.07. The maximum absolute atomic E-state index is 11.8. The summed E-state index contributed by atoms with van der Waals surface area (Å²) in [7, 11) is -3.07. The van der Waals surface area contributed by atoms with Gasteiger partial charge in [-0.3, -0.25) is 0 Å². The first kappa shape index (κ1) is 21.6. The van der Waals surface area contributed by atoms with E-state index in [1.165, 1.54) is 0 Å². The second kappa shape index (κ2) is 9.28. The zero-order valence-corrected chi connectivity index (χ0v) is 18.7. The molecular formula is C22H23ClN4O3S. The van der Waals surface area contributed by atoms with E-state index in [0.29, 0.717) is 41.2 Å². The molecule has 3 aromatic rings. The summed E-state index contributed by atoms with van der Waals surface area (Å²) in [5.74, 6) is 3.13. The number of halogens is 1. The van der Waals surface area contributed by atoms with Gasteiger partial charge in [-0.2, -0.15) is 4.98 Å². The summed E-state index contributed by atoms with van der Waals surface area (Å²) < 4.78 is 29.6. The van der Waals surface area contributed by atoms with Gasteiger partial charge >= 0.3 is 0 Å². The third-order valence-corrected chi connectivity index (χ3v) is 6.81. The van der Waals surface area contributed by atoms with Crippen LogP contribution < -0.4 is 4.74 Å². The van der Waals surface area contributed by atoms with Gasteiger partial charge in [-0.1, -0.05) is 30.7 Å². The fourth-order valence-corrected chi connectivity index (χ4v) is 4.04. The minimum Gasteiger partial charge on any atom is -0.439 e. The van der Waals surface area contributed by atoms with Crippen molar-refractivity contribution in [1.82, 2.24) is 19.9 Å². The van der Waals surface area contributed by atoms with Crippen LogP contribution in [0.3, 0.4) is 0 Å². The van der Waals surface area contributed by atoms with Crippen LogP contribution in [0.15, 0.2) is 42.7 Å². The topological polar surface area (TPSA) is 94.9 Å². The third-order valence-electron chi connectivity index (χ3n) is 4.97. The average molecular weight is 459 g/mol. The van der Waals surface area contributed by atoms with Crippen LogP contribution in [-0.4, -0.2) is 34.1 Å². The van der Waals surface area contributed by atoms with Crippen molar-refractivity contribution >= 4 is 21.4 Å². The van der Waals surface area contributed by atoms with Gasteiger partial charge in [0.1, 0.15) is 17.4 Å². The molecule has 0 aliphatic heterocycles. The Morgan fingerprint density at radius 3 is 2.42 bits per heavy atom. The average Bonchev–Trinajstić information content (AvgIpc) is 3.60. The SMILES string of the molecule is CCS(=O)(=O)Cc1ccc(Oc2cc(CCc3ncc(Cl)cn3)nc(C3CC3)n2)cc1. The number of nitrogens with zero attached hydrogens (tertiary/aromatic N) is 4. The molecule has 9 heteroatoms. The lowest BCUT2D eigenvalue weighted by atomic mass is 10.2. The van der Waals surface area contributed by atoms with Gasteiger partial charge in [-0.25, -0.2) is 23.4 Å². The second-order valence-electron chi connectivity index (χ2n) is 7.57. The summed E-state index contributed by atoms with van der Waals surface area (Å²) in [6, 6.07) is 8.90. The summed E-state index contributed by atoms with van der Waals surface area (Å²) in [6.07, 6.45) is 6.65. The summed E-state index contributed by atoms with van der Waals surface area (Å²) in [4.78, 5) is 17.7. The molecule has 1 saturated carbocycles. The van der Waals surface area contributed by atoms with Crippen molar-refractivity contribution in [1.29, 1.82) is 0 Å². The molecule has 0 N–H and O–H groups in total. The number of aromatic nitrogens is 4. The Bertz CT molecular complexity index is 1150. The standard InChI is InChI=1S/C22H23ClN4O3S/c1-2-31(28,29)14-15-3-8-19(9-4-15)30-21-11-18(26-22(27-21)16-5-6-16)7-10-20-24-12-17(23)13-25-20/h3-4,8-9,11-13,16H,2,5-7,10,14H2,1H3.